The van der Waals surface area contributed by atoms with Gasteiger partial charge in [-0.25, -0.2) is 0 Å². The van der Waals surface area contributed by atoms with E-state index < -0.39 is 30.7 Å². The lowest BCUT2D eigenvalue weighted by Gasteiger charge is -2.24. The summed E-state index contributed by atoms with van der Waals surface area (Å²) in [5.41, 5.74) is 0. The molecule has 0 heterocycles. The molecule has 4 atom stereocenters. The molecule has 0 aliphatic heterocycles. The maximum absolute atomic E-state index is 9.92. The number of aliphatic hydroxyl groups excluding tert-OH is 5. The summed E-state index contributed by atoms with van der Waals surface area (Å²) in [5, 5.41) is 52.0. The highest BCUT2D eigenvalue weighted by molar-refractivity contribution is 5.56. The Kier molecular flexibility index (Phi) is 4.99. The topological polar surface area (TPSA) is 138 Å². The Morgan fingerprint density at radius 2 is 1.23 bits per heavy atom. The molecule has 0 saturated carbocycles. The lowest BCUT2D eigenvalue weighted by Crippen LogP contribution is -2.49. The van der Waals surface area contributed by atoms with Gasteiger partial charge >= 0.3 is 0 Å². The Labute approximate surface area is 73.5 Å². The van der Waals surface area contributed by atoms with Crippen molar-refractivity contribution in [2.24, 2.45) is 0 Å². The van der Waals surface area contributed by atoms with Gasteiger partial charge in [-0.3, -0.25) is 0 Å². The number of hydrogen-bond donors (Lipinski definition) is 6. The second-order valence-corrected chi connectivity index (χ2v) is 2.51. The zero-order valence-electron chi connectivity index (χ0n) is 6.56. The van der Waals surface area contributed by atoms with E-state index in [9.17, 15) is 4.79 Å². The number of carbonyl (C=O) groups excluding carboxylic acids is 1. The maximum Gasteiger partial charge on any atom is 0.180 e. The number of carbonyl (C=O) groups is 1. The Morgan fingerprint density at radius 1 is 0.769 bits per heavy atom. The zero-order valence-corrected chi connectivity index (χ0v) is 6.56. The lowest BCUT2D eigenvalue weighted by atomic mass is 10.0. The summed E-state index contributed by atoms with van der Waals surface area (Å²) in [4.78, 5) is 9.92. The van der Waals surface area contributed by atoms with Crippen molar-refractivity contribution < 1.29 is 35.4 Å². The molecule has 78 valence electrons. The smallest absolute Gasteiger partial charge is 0.180 e. The van der Waals surface area contributed by atoms with Gasteiger partial charge < -0.3 is 35.4 Å². The monoisotopic (exact) mass is 196 g/mol. The van der Waals surface area contributed by atoms with E-state index in [4.69, 9.17) is 30.6 Å². The predicted molar refractivity (Wildman–Crippen MR) is 38.3 cm³/mol. The van der Waals surface area contributed by atoms with Crippen molar-refractivity contribution in [2.45, 2.75) is 30.7 Å². The van der Waals surface area contributed by atoms with E-state index in [0.717, 1.165) is 0 Å². The first-order valence-electron chi connectivity index (χ1n) is 3.45. The summed E-state index contributed by atoms with van der Waals surface area (Å²) in [7, 11) is 0. The SMILES string of the molecule is O=C[C@H](O)[C@@H](O)[C@H](O)[C@H](O)C(O)O. The first-order valence-corrected chi connectivity index (χ1v) is 3.45. The van der Waals surface area contributed by atoms with Crippen molar-refractivity contribution in [2.75, 3.05) is 0 Å². The molecular weight excluding hydrogens is 184 g/mol. The molecule has 7 nitrogen and oxygen atoms in total. The van der Waals surface area contributed by atoms with Gasteiger partial charge in [-0.1, -0.05) is 0 Å². The van der Waals surface area contributed by atoms with Gasteiger partial charge in [0, 0.05) is 0 Å². The third-order valence-electron chi connectivity index (χ3n) is 1.49. The maximum atomic E-state index is 9.92. The van der Waals surface area contributed by atoms with E-state index in [1.807, 2.05) is 0 Å². The van der Waals surface area contributed by atoms with Gasteiger partial charge in [0.05, 0.1) is 0 Å². The molecule has 7 heteroatoms. The van der Waals surface area contributed by atoms with Crippen LogP contribution >= 0.6 is 0 Å². The van der Waals surface area contributed by atoms with Crippen LogP contribution in [0.4, 0.5) is 0 Å². The largest absolute Gasteiger partial charge is 0.387 e. The van der Waals surface area contributed by atoms with Crippen molar-refractivity contribution in [3.05, 3.63) is 0 Å². The van der Waals surface area contributed by atoms with E-state index in [0.29, 0.717) is 0 Å². The van der Waals surface area contributed by atoms with Gasteiger partial charge in [-0.05, 0) is 0 Å². The number of hydrogen-bond acceptors (Lipinski definition) is 7. The van der Waals surface area contributed by atoms with E-state index >= 15 is 0 Å². The minimum Gasteiger partial charge on any atom is -0.387 e. The van der Waals surface area contributed by atoms with Gasteiger partial charge in [0.25, 0.3) is 0 Å². The summed E-state index contributed by atoms with van der Waals surface area (Å²) in [6, 6.07) is 0. The standard InChI is InChI=1S/C6H12O7/c7-1-2(8)3(9)4(10)5(11)6(12)13/h1-6,8-13H/t2-,3+,4-,5-/m0/s1. The molecule has 13 heavy (non-hydrogen) atoms. The molecule has 0 aromatic carbocycles. The molecule has 0 aliphatic carbocycles. The second-order valence-electron chi connectivity index (χ2n) is 2.51. The summed E-state index contributed by atoms with van der Waals surface area (Å²) < 4.78 is 0. The molecule has 0 saturated heterocycles. The van der Waals surface area contributed by atoms with Crippen LogP contribution in [-0.2, 0) is 4.79 Å². The van der Waals surface area contributed by atoms with Gasteiger partial charge in [-0.2, -0.15) is 0 Å². The molecule has 0 fully saturated rings. The van der Waals surface area contributed by atoms with Crippen molar-refractivity contribution in [1.29, 1.82) is 0 Å². The quantitative estimate of drug-likeness (QED) is 0.194. The third-order valence-corrected chi connectivity index (χ3v) is 1.49. The van der Waals surface area contributed by atoms with Gasteiger partial charge in [0.1, 0.15) is 24.4 Å². The van der Waals surface area contributed by atoms with Gasteiger partial charge in [-0.15, -0.1) is 0 Å². The number of aliphatic hydroxyl groups is 6. The summed E-state index contributed by atoms with van der Waals surface area (Å²) in [5.74, 6) is 0. The molecule has 0 rings (SSSR count). The number of rotatable bonds is 5. The van der Waals surface area contributed by atoms with Crippen LogP contribution in [0.15, 0.2) is 0 Å². The molecular formula is C6H12O7. The Morgan fingerprint density at radius 3 is 1.54 bits per heavy atom. The van der Waals surface area contributed by atoms with Gasteiger partial charge in [0.15, 0.2) is 12.6 Å². The minimum absolute atomic E-state index is 0.0512. The molecule has 0 aliphatic rings. The van der Waals surface area contributed by atoms with Crippen LogP contribution < -0.4 is 0 Å². The molecule has 0 spiro atoms. The predicted octanol–water partition coefficient (Wildman–Crippen LogP) is -4.06. The average molecular weight is 196 g/mol. The van der Waals surface area contributed by atoms with Crippen LogP contribution in [0.25, 0.3) is 0 Å². The number of aldehydes is 1. The Hall–Kier alpha value is -0.570. The first-order chi connectivity index (χ1) is 5.91. The van der Waals surface area contributed by atoms with Crippen LogP contribution in [0.3, 0.4) is 0 Å². The molecule has 0 aromatic rings. The molecule has 6 N–H and O–H groups in total. The van der Waals surface area contributed by atoms with Crippen LogP contribution in [-0.4, -0.2) is 67.6 Å². The highest BCUT2D eigenvalue weighted by Gasteiger charge is 2.33. The van der Waals surface area contributed by atoms with E-state index in [-0.39, 0.29) is 6.29 Å². The van der Waals surface area contributed by atoms with Crippen molar-refractivity contribution in [3.8, 4) is 0 Å². The Bertz CT molecular complexity index is 159. The second kappa shape index (κ2) is 5.22. The fraction of sp³-hybridized carbons (Fsp3) is 0.833. The minimum atomic E-state index is -2.26. The molecule has 0 amide bonds. The highest BCUT2D eigenvalue weighted by atomic mass is 16.5. The zero-order chi connectivity index (χ0) is 10.6. The summed E-state index contributed by atoms with van der Waals surface area (Å²) in [6.07, 6.45) is -10.2. The van der Waals surface area contributed by atoms with Crippen molar-refractivity contribution >= 4 is 6.29 Å². The normalized spacial score (nSPS) is 20.8. The van der Waals surface area contributed by atoms with E-state index in [1.165, 1.54) is 0 Å². The molecule has 0 aromatic heterocycles. The van der Waals surface area contributed by atoms with Gasteiger partial charge in [0.2, 0.25) is 0 Å². The summed E-state index contributed by atoms with van der Waals surface area (Å²) >= 11 is 0. The Balaban J connectivity index is 4.23. The third kappa shape index (κ3) is 3.35. The van der Waals surface area contributed by atoms with E-state index in [1.54, 1.807) is 0 Å². The van der Waals surface area contributed by atoms with E-state index in [2.05, 4.69) is 0 Å². The molecule has 0 bridgehead atoms. The molecule has 0 radical (unpaired) electrons. The highest BCUT2D eigenvalue weighted by Crippen LogP contribution is 2.05. The van der Waals surface area contributed by atoms with Crippen LogP contribution in [0.1, 0.15) is 0 Å². The fourth-order valence-corrected chi connectivity index (χ4v) is 0.661. The van der Waals surface area contributed by atoms with Crippen LogP contribution in [0.2, 0.25) is 0 Å². The lowest BCUT2D eigenvalue weighted by molar-refractivity contribution is -0.187. The van der Waals surface area contributed by atoms with Crippen LogP contribution in [0, 0.1) is 0 Å². The summed E-state index contributed by atoms with van der Waals surface area (Å²) in [6.45, 7) is 0. The van der Waals surface area contributed by atoms with Crippen molar-refractivity contribution in [1.82, 2.24) is 0 Å². The fourth-order valence-electron chi connectivity index (χ4n) is 0.661. The average Bonchev–Trinajstić information content (AvgIpc) is 2.12. The van der Waals surface area contributed by atoms with Crippen molar-refractivity contribution in [3.63, 3.8) is 0 Å². The molecule has 0 unspecified atom stereocenters. The first kappa shape index (κ1) is 12.4. The van der Waals surface area contributed by atoms with Crippen LogP contribution in [0.5, 0.6) is 0 Å².